The maximum absolute atomic E-state index is 5.24. The fourth-order valence-corrected chi connectivity index (χ4v) is 1.21. The Morgan fingerprint density at radius 1 is 1.50 bits per heavy atom. The molecule has 2 rings (SSSR count). The van der Waals surface area contributed by atoms with Gasteiger partial charge in [-0.05, 0) is 0 Å². The van der Waals surface area contributed by atoms with Gasteiger partial charge in [-0.1, -0.05) is 0 Å². The minimum atomic E-state index is 0.487. The Labute approximate surface area is 77.3 Å². The molecule has 2 heterocycles. The monoisotopic (exact) mass is 227 g/mol. The van der Waals surface area contributed by atoms with Crippen LogP contribution in [0, 0.1) is 0 Å². The van der Waals surface area contributed by atoms with E-state index in [1.165, 1.54) is 0 Å². The van der Waals surface area contributed by atoms with Gasteiger partial charge in [-0.3, -0.25) is 4.68 Å². The molecule has 2 aromatic rings. The number of rotatable bonds is 1. The predicted octanol–water partition coefficient (Wildman–Crippen LogP) is 1.84. The summed E-state index contributed by atoms with van der Waals surface area (Å²) in [6, 6.07) is 0. The highest BCUT2D eigenvalue weighted by Crippen LogP contribution is 2.21. The van der Waals surface area contributed by atoms with E-state index in [9.17, 15) is 0 Å². The molecule has 0 aliphatic rings. The SMILES string of the molecule is Cn1cc(-c2cnc(Br)o2)cn1. The van der Waals surface area contributed by atoms with E-state index in [-0.39, 0.29) is 0 Å². The summed E-state index contributed by atoms with van der Waals surface area (Å²) in [7, 11) is 1.86. The van der Waals surface area contributed by atoms with Crippen molar-refractivity contribution in [1.29, 1.82) is 0 Å². The highest BCUT2D eigenvalue weighted by atomic mass is 79.9. The molecule has 0 saturated carbocycles. The Kier molecular flexibility index (Phi) is 1.73. The molecule has 0 spiro atoms. The second-order valence-electron chi connectivity index (χ2n) is 2.38. The molecule has 12 heavy (non-hydrogen) atoms. The third-order valence-corrected chi connectivity index (χ3v) is 1.83. The summed E-state index contributed by atoms with van der Waals surface area (Å²) in [5, 5.41) is 4.02. The second-order valence-corrected chi connectivity index (χ2v) is 3.06. The lowest BCUT2D eigenvalue weighted by atomic mass is 10.3. The number of halogens is 1. The molecule has 5 heteroatoms. The first-order valence-electron chi connectivity index (χ1n) is 3.36. The lowest BCUT2D eigenvalue weighted by Crippen LogP contribution is -1.83. The number of hydrogen-bond acceptors (Lipinski definition) is 3. The Bertz CT molecular complexity index is 355. The lowest BCUT2D eigenvalue weighted by Gasteiger charge is -1.85. The quantitative estimate of drug-likeness (QED) is 0.747. The first-order valence-corrected chi connectivity index (χ1v) is 4.15. The molecule has 0 radical (unpaired) electrons. The Morgan fingerprint density at radius 2 is 2.33 bits per heavy atom. The fourth-order valence-electron chi connectivity index (χ4n) is 0.935. The first kappa shape index (κ1) is 7.54. The zero-order valence-corrected chi connectivity index (χ0v) is 7.95. The van der Waals surface area contributed by atoms with Crippen LogP contribution in [0.3, 0.4) is 0 Å². The Balaban J connectivity index is 2.43. The molecule has 4 nitrogen and oxygen atoms in total. The van der Waals surface area contributed by atoms with Crippen LogP contribution in [0.4, 0.5) is 0 Å². The third kappa shape index (κ3) is 1.27. The maximum Gasteiger partial charge on any atom is 0.264 e. The van der Waals surface area contributed by atoms with Crippen molar-refractivity contribution in [3.05, 3.63) is 23.4 Å². The van der Waals surface area contributed by atoms with Crippen molar-refractivity contribution in [2.24, 2.45) is 7.05 Å². The van der Waals surface area contributed by atoms with Crippen molar-refractivity contribution in [3.8, 4) is 11.3 Å². The van der Waals surface area contributed by atoms with Crippen LogP contribution in [0.25, 0.3) is 11.3 Å². The highest BCUT2D eigenvalue weighted by molar-refractivity contribution is 9.10. The standard InChI is InChI=1S/C7H6BrN3O/c1-11-4-5(2-10-11)6-3-9-7(8)12-6/h2-4H,1H3. The molecule has 62 valence electrons. The largest absolute Gasteiger partial charge is 0.431 e. The van der Waals surface area contributed by atoms with Crippen molar-refractivity contribution in [1.82, 2.24) is 14.8 Å². The fraction of sp³-hybridized carbons (Fsp3) is 0.143. The molecule has 2 aromatic heterocycles. The van der Waals surface area contributed by atoms with Crippen LogP contribution >= 0.6 is 15.9 Å². The number of aromatic nitrogens is 3. The van der Waals surface area contributed by atoms with Crippen molar-refractivity contribution in [3.63, 3.8) is 0 Å². The number of nitrogens with zero attached hydrogens (tertiary/aromatic N) is 3. The molecule has 0 bridgehead atoms. The number of hydrogen-bond donors (Lipinski definition) is 0. The van der Waals surface area contributed by atoms with Gasteiger partial charge in [0.1, 0.15) is 0 Å². The zero-order chi connectivity index (χ0) is 8.55. The van der Waals surface area contributed by atoms with Gasteiger partial charge in [-0.15, -0.1) is 0 Å². The molecule has 0 aliphatic carbocycles. The molecule has 0 amide bonds. The van der Waals surface area contributed by atoms with E-state index in [2.05, 4.69) is 26.0 Å². The van der Waals surface area contributed by atoms with Crippen LogP contribution in [0.1, 0.15) is 0 Å². The van der Waals surface area contributed by atoms with E-state index in [1.54, 1.807) is 17.1 Å². The van der Waals surface area contributed by atoms with Gasteiger partial charge in [0, 0.05) is 29.2 Å². The summed E-state index contributed by atoms with van der Waals surface area (Å²) in [6.07, 6.45) is 5.25. The van der Waals surface area contributed by atoms with Crippen LogP contribution in [0.5, 0.6) is 0 Å². The maximum atomic E-state index is 5.24. The molecule has 0 fully saturated rings. The van der Waals surface area contributed by atoms with Crippen LogP contribution in [0.2, 0.25) is 0 Å². The smallest absolute Gasteiger partial charge is 0.264 e. The van der Waals surface area contributed by atoms with E-state index in [4.69, 9.17) is 4.42 Å². The zero-order valence-electron chi connectivity index (χ0n) is 6.36. The van der Waals surface area contributed by atoms with Gasteiger partial charge in [-0.25, -0.2) is 4.98 Å². The van der Waals surface area contributed by atoms with E-state index in [1.807, 2.05) is 13.2 Å². The minimum absolute atomic E-state index is 0.487. The van der Waals surface area contributed by atoms with E-state index in [0.29, 0.717) is 4.80 Å². The van der Waals surface area contributed by atoms with Crippen LogP contribution in [0.15, 0.2) is 27.8 Å². The summed E-state index contributed by atoms with van der Waals surface area (Å²) < 4.78 is 6.95. The second kappa shape index (κ2) is 2.75. The van der Waals surface area contributed by atoms with Crippen LogP contribution in [-0.4, -0.2) is 14.8 Å². The van der Waals surface area contributed by atoms with Crippen molar-refractivity contribution < 1.29 is 4.42 Å². The average Bonchev–Trinajstić information content (AvgIpc) is 2.58. The molecule has 0 atom stereocenters. The van der Waals surface area contributed by atoms with E-state index >= 15 is 0 Å². The Hall–Kier alpha value is -1.10. The van der Waals surface area contributed by atoms with Gasteiger partial charge in [0.15, 0.2) is 5.76 Å². The summed E-state index contributed by atoms with van der Waals surface area (Å²) in [4.78, 5) is 4.40. The summed E-state index contributed by atoms with van der Waals surface area (Å²) in [5.74, 6) is 0.718. The van der Waals surface area contributed by atoms with Gasteiger partial charge in [0.2, 0.25) is 0 Å². The molecule has 0 aliphatic heterocycles. The lowest BCUT2D eigenvalue weighted by molar-refractivity contribution is 0.542. The normalized spacial score (nSPS) is 10.5. The van der Waals surface area contributed by atoms with Crippen molar-refractivity contribution in [2.45, 2.75) is 0 Å². The van der Waals surface area contributed by atoms with Crippen molar-refractivity contribution >= 4 is 15.9 Å². The minimum Gasteiger partial charge on any atom is -0.431 e. The van der Waals surface area contributed by atoms with Crippen LogP contribution in [-0.2, 0) is 7.05 Å². The number of oxazole rings is 1. The molecular weight excluding hydrogens is 222 g/mol. The van der Waals surface area contributed by atoms with Crippen LogP contribution < -0.4 is 0 Å². The van der Waals surface area contributed by atoms with Gasteiger partial charge in [-0.2, -0.15) is 5.10 Å². The third-order valence-electron chi connectivity index (χ3n) is 1.47. The average molecular weight is 228 g/mol. The van der Waals surface area contributed by atoms with E-state index < -0.39 is 0 Å². The Morgan fingerprint density at radius 3 is 2.83 bits per heavy atom. The van der Waals surface area contributed by atoms with Crippen molar-refractivity contribution in [2.75, 3.05) is 0 Å². The van der Waals surface area contributed by atoms with Gasteiger partial charge >= 0.3 is 0 Å². The van der Waals surface area contributed by atoms with Gasteiger partial charge in [0.25, 0.3) is 4.80 Å². The van der Waals surface area contributed by atoms with Gasteiger partial charge < -0.3 is 4.42 Å². The molecule has 0 aromatic carbocycles. The van der Waals surface area contributed by atoms with E-state index in [0.717, 1.165) is 11.3 Å². The number of aryl methyl sites for hydroxylation is 1. The summed E-state index contributed by atoms with van der Waals surface area (Å²) >= 11 is 3.13. The topological polar surface area (TPSA) is 43.9 Å². The summed E-state index contributed by atoms with van der Waals surface area (Å²) in [6.45, 7) is 0. The molecular formula is C7H6BrN3O. The molecule has 0 saturated heterocycles. The van der Waals surface area contributed by atoms with Gasteiger partial charge in [0.05, 0.1) is 18.0 Å². The predicted molar refractivity (Wildman–Crippen MR) is 46.4 cm³/mol. The highest BCUT2D eigenvalue weighted by Gasteiger charge is 2.05. The molecule has 0 unspecified atom stereocenters. The summed E-state index contributed by atoms with van der Waals surface area (Å²) in [5.41, 5.74) is 0.927. The first-order chi connectivity index (χ1) is 5.75. The molecule has 0 N–H and O–H groups in total.